The number of furan rings is 1. The van der Waals surface area contributed by atoms with Gasteiger partial charge >= 0.3 is 0 Å². The lowest BCUT2D eigenvalue weighted by Gasteiger charge is -2.30. The van der Waals surface area contributed by atoms with Gasteiger partial charge in [0.2, 0.25) is 5.91 Å². The molecule has 1 N–H and O–H groups in total. The minimum atomic E-state index is -0.125. The zero-order chi connectivity index (χ0) is 16.4. The van der Waals surface area contributed by atoms with E-state index in [4.69, 9.17) is 8.94 Å². The third kappa shape index (κ3) is 3.13. The van der Waals surface area contributed by atoms with Gasteiger partial charge in [0.15, 0.2) is 11.5 Å². The van der Waals surface area contributed by atoms with Crippen molar-refractivity contribution in [2.45, 2.75) is 26.7 Å². The number of amides is 2. The Morgan fingerprint density at radius 2 is 2.04 bits per heavy atom. The van der Waals surface area contributed by atoms with E-state index in [1.165, 1.54) is 6.26 Å². The molecule has 2 aromatic rings. The molecular weight excluding hydrogens is 298 g/mol. The van der Waals surface area contributed by atoms with Crippen LogP contribution in [0.15, 0.2) is 27.3 Å². The van der Waals surface area contributed by atoms with Crippen molar-refractivity contribution in [3.63, 3.8) is 0 Å². The maximum atomic E-state index is 12.4. The first-order valence-electron chi connectivity index (χ1n) is 7.62. The smallest absolute Gasteiger partial charge is 0.289 e. The quantitative estimate of drug-likeness (QED) is 0.939. The standard InChI is InChI=1S/C16H19N3O4/c1-10-14(11(2)23-18-10)17-15(20)12-5-7-19(8-6-12)16(21)13-4-3-9-22-13/h3-4,9,12H,5-8H2,1-2H3,(H,17,20). The second-order valence-corrected chi connectivity index (χ2v) is 5.73. The van der Waals surface area contributed by atoms with Crippen LogP contribution in [0.1, 0.15) is 34.9 Å². The molecule has 0 spiro atoms. The van der Waals surface area contributed by atoms with Crippen LogP contribution in [-0.4, -0.2) is 35.0 Å². The lowest BCUT2D eigenvalue weighted by molar-refractivity contribution is -0.121. The first-order valence-corrected chi connectivity index (χ1v) is 7.62. The van der Waals surface area contributed by atoms with Crippen LogP contribution in [0, 0.1) is 19.8 Å². The second-order valence-electron chi connectivity index (χ2n) is 5.73. The van der Waals surface area contributed by atoms with Gasteiger partial charge in [-0.3, -0.25) is 9.59 Å². The zero-order valence-electron chi connectivity index (χ0n) is 13.2. The molecule has 3 rings (SSSR count). The van der Waals surface area contributed by atoms with Crippen LogP contribution < -0.4 is 5.32 Å². The fourth-order valence-electron chi connectivity index (χ4n) is 2.79. The summed E-state index contributed by atoms with van der Waals surface area (Å²) in [5.41, 5.74) is 1.31. The predicted octanol–water partition coefficient (Wildman–Crippen LogP) is 2.38. The van der Waals surface area contributed by atoms with Crippen molar-refractivity contribution in [3.05, 3.63) is 35.6 Å². The highest BCUT2D eigenvalue weighted by molar-refractivity contribution is 5.94. The highest BCUT2D eigenvalue weighted by atomic mass is 16.5. The Labute approximate surface area is 133 Å². The lowest BCUT2D eigenvalue weighted by atomic mass is 9.95. The summed E-state index contributed by atoms with van der Waals surface area (Å²) in [7, 11) is 0. The number of carbonyl (C=O) groups excluding carboxylic acids is 2. The molecule has 0 saturated carbocycles. The van der Waals surface area contributed by atoms with E-state index in [0.717, 1.165) is 0 Å². The van der Waals surface area contributed by atoms with Crippen LogP contribution >= 0.6 is 0 Å². The molecule has 0 atom stereocenters. The Balaban J connectivity index is 1.56. The third-order valence-corrected chi connectivity index (χ3v) is 4.17. The predicted molar refractivity (Wildman–Crippen MR) is 81.9 cm³/mol. The van der Waals surface area contributed by atoms with Gasteiger partial charge in [-0.1, -0.05) is 5.16 Å². The Kier molecular flexibility index (Phi) is 4.18. The van der Waals surface area contributed by atoms with Gasteiger partial charge in [0.1, 0.15) is 11.4 Å². The van der Waals surface area contributed by atoms with Crippen LogP contribution in [-0.2, 0) is 4.79 Å². The number of aryl methyl sites for hydroxylation is 2. The molecular formula is C16H19N3O4. The molecule has 0 aliphatic carbocycles. The Bertz CT molecular complexity index is 677. The average Bonchev–Trinajstić information content (AvgIpc) is 3.20. The minimum absolute atomic E-state index is 0.0514. The molecule has 0 unspecified atom stereocenters. The molecule has 1 aliphatic rings. The maximum absolute atomic E-state index is 12.4. The van der Waals surface area contributed by atoms with Crippen LogP contribution in [0.3, 0.4) is 0 Å². The van der Waals surface area contributed by atoms with Crippen molar-refractivity contribution in [2.24, 2.45) is 5.92 Å². The maximum Gasteiger partial charge on any atom is 0.289 e. The number of nitrogens with one attached hydrogen (secondary N) is 1. The van der Waals surface area contributed by atoms with E-state index in [0.29, 0.717) is 48.8 Å². The molecule has 23 heavy (non-hydrogen) atoms. The zero-order valence-corrected chi connectivity index (χ0v) is 13.2. The summed E-state index contributed by atoms with van der Waals surface area (Å²) >= 11 is 0. The normalized spacial score (nSPS) is 15.7. The molecule has 1 aliphatic heterocycles. The number of aromatic nitrogens is 1. The summed E-state index contributed by atoms with van der Waals surface area (Å²) in [4.78, 5) is 26.3. The highest BCUT2D eigenvalue weighted by Crippen LogP contribution is 2.24. The van der Waals surface area contributed by atoms with Gasteiger partial charge in [-0.05, 0) is 38.8 Å². The van der Waals surface area contributed by atoms with Crippen molar-refractivity contribution in [1.82, 2.24) is 10.1 Å². The molecule has 2 amide bonds. The fraction of sp³-hybridized carbons (Fsp3) is 0.438. The van der Waals surface area contributed by atoms with E-state index in [9.17, 15) is 9.59 Å². The summed E-state index contributed by atoms with van der Waals surface area (Å²) in [5, 5.41) is 6.71. The number of likely N-dealkylation sites (tertiary alicyclic amines) is 1. The Morgan fingerprint density at radius 1 is 1.30 bits per heavy atom. The summed E-state index contributed by atoms with van der Waals surface area (Å²) in [6.07, 6.45) is 2.74. The monoisotopic (exact) mass is 317 g/mol. The SMILES string of the molecule is Cc1noc(C)c1NC(=O)C1CCN(C(=O)c2ccco2)CC1. The molecule has 7 nitrogen and oxygen atoms in total. The molecule has 7 heteroatoms. The van der Waals surface area contributed by atoms with Crippen LogP contribution in [0.2, 0.25) is 0 Å². The molecule has 0 bridgehead atoms. The van der Waals surface area contributed by atoms with Crippen molar-refractivity contribution in [3.8, 4) is 0 Å². The summed E-state index contributed by atoms with van der Waals surface area (Å²) < 4.78 is 10.2. The summed E-state index contributed by atoms with van der Waals surface area (Å²) in [6.45, 7) is 4.63. The highest BCUT2D eigenvalue weighted by Gasteiger charge is 2.29. The van der Waals surface area contributed by atoms with Crippen molar-refractivity contribution in [2.75, 3.05) is 18.4 Å². The lowest BCUT2D eigenvalue weighted by Crippen LogP contribution is -2.41. The van der Waals surface area contributed by atoms with E-state index in [1.807, 2.05) is 0 Å². The van der Waals surface area contributed by atoms with Crippen LogP contribution in [0.4, 0.5) is 5.69 Å². The number of piperidine rings is 1. The number of hydrogen-bond acceptors (Lipinski definition) is 5. The number of carbonyl (C=O) groups is 2. The number of rotatable bonds is 3. The molecule has 1 fully saturated rings. The first-order chi connectivity index (χ1) is 11.1. The third-order valence-electron chi connectivity index (χ3n) is 4.17. The van der Waals surface area contributed by atoms with Gasteiger partial charge in [-0.2, -0.15) is 0 Å². The van der Waals surface area contributed by atoms with Gasteiger partial charge in [-0.25, -0.2) is 0 Å². The molecule has 1 saturated heterocycles. The number of nitrogens with zero attached hydrogens (tertiary/aromatic N) is 2. The first kappa shape index (κ1) is 15.3. The molecule has 2 aromatic heterocycles. The fourth-order valence-corrected chi connectivity index (χ4v) is 2.79. The van der Waals surface area contributed by atoms with Crippen molar-refractivity contribution >= 4 is 17.5 Å². The second kappa shape index (κ2) is 6.28. The minimum Gasteiger partial charge on any atom is -0.459 e. The van der Waals surface area contributed by atoms with Crippen molar-refractivity contribution < 1.29 is 18.5 Å². The van der Waals surface area contributed by atoms with Gasteiger partial charge in [0.25, 0.3) is 5.91 Å². The van der Waals surface area contributed by atoms with Gasteiger partial charge in [-0.15, -0.1) is 0 Å². The topological polar surface area (TPSA) is 88.6 Å². The molecule has 0 radical (unpaired) electrons. The van der Waals surface area contributed by atoms with E-state index in [2.05, 4.69) is 10.5 Å². The Morgan fingerprint density at radius 3 is 2.61 bits per heavy atom. The Hall–Kier alpha value is -2.57. The van der Waals surface area contributed by atoms with Gasteiger partial charge in [0, 0.05) is 19.0 Å². The summed E-state index contributed by atoms with van der Waals surface area (Å²) in [5.74, 6) is 0.637. The van der Waals surface area contributed by atoms with E-state index in [-0.39, 0.29) is 17.7 Å². The number of anilines is 1. The van der Waals surface area contributed by atoms with Gasteiger partial charge < -0.3 is 19.2 Å². The van der Waals surface area contributed by atoms with E-state index >= 15 is 0 Å². The van der Waals surface area contributed by atoms with Gasteiger partial charge in [0.05, 0.1) is 6.26 Å². The summed E-state index contributed by atoms with van der Waals surface area (Å²) in [6, 6.07) is 3.34. The average molecular weight is 317 g/mol. The molecule has 0 aromatic carbocycles. The van der Waals surface area contributed by atoms with Crippen LogP contribution in [0.5, 0.6) is 0 Å². The van der Waals surface area contributed by atoms with Crippen molar-refractivity contribution in [1.29, 1.82) is 0 Å². The molecule has 122 valence electrons. The molecule has 3 heterocycles. The van der Waals surface area contributed by atoms with Crippen LogP contribution in [0.25, 0.3) is 0 Å². The largest absolute Gasteiger partial charge is 0.459 e. The van der Waals surface area contributed by atoms with E-state index in [1.54, 1.807) is 30.9 Å². The number of hydrogen-bond donors (Lipinski definition) is 1. The van der Waals surface area contributed by atoms with E-state index < -0.39 is 0 Å².